The third kappa shape index (κ3) is 3.59. The molecule has 0 spiro atoms. The number of rotatable bonds is 5. The van der Waals surface area contributed by atoms with Crippen LogP contribution in [-0.4, -0.2) is 32.6 Å². The predicted molar refractivity (Wildman–Crippen MR) is 112 cm³/mol. The second-order valence-electron chi connectivity index (χ2n) is 6.60. The summed E-state index contributed by atoms with van der Waals surface area (Å²) in [6, 6.07) is 15.6. The zero-order valence-corrected chi connectivity index (χ0v) is 16.6. The van der Waals surface area contributed by atoms with Crippen molar-refractivity contribution in [2.24, 2.45) is 0 Å². The molecule has 6 heteroatoms. The maximum atomic E-state index is 13.3. The zero-order chi connectivity index (χ0) is 19.5. The lowest BCUT2D eigenvalue weighted by Crippen LogP contribution is -2.26. The summed E-state index contributed by atoms with van der Waals surface area (Å²) in [5.41, 5.74) is 4.13. The molecule has 1 aromatic carbocycles. The van der Waals surface area contributed by atoms with E-state index < -0.39 is 0 Å². The Balaban J connectivity index is 1.73. The zero-order valence-electron chi connectivity index (χ0n) is 15.7. The highest BCUT2D eigenvalue weighted by molar-refractivity contribution is 7.10. The number of aryl methyl sites for hydroxylation is 1. The summed E-state index contributed by atoms with van der Waals surface area (Å²) >= 11 is 1.67. The molecule has 0 N–H and O–H groups in total. The molecule has 3 aromatic heterocycles. The Labute approximate surface area is 167 Å². The average Bonchev–Trinajstić information content (AvgIpc) is 3.35. The fourth-order valence-corrected chi connectivity index (χ4v) is 3.98. The first-order valence-electron chi connectivity index (χ1n) is 8.97. The molecule has 0 radical (unpaired) electrons. The number of nitrogens with zero attached hydrogens (tertiary/aromatic N) is 4. The minimum atomic E-state index is -0.0613. The Morgan fingerprint density at radius 3 is 2.64 bits per heavy atom. The molecule has 0 bridgehead atoms. The molecule has 0 fully saturated rings. The minimum Gasteiger partial charge on any atom is -0.336 e. The molecular weight excluding hydrogens is 368 g/mol. The van der Waals surface area contributed by atoms with Crippen LogP contribution in [0.25, 0.3) is 16.9 Å². The van der Waals surface area contributed by atoms with Crippen molar-refractivity contribution in [3.63, 3.8) is 0 Å². The number of pyridine rings is 1. The first-order valence-corrected chi connectivity index (χ1v) is 9.85. The number of aromatic nitrogens is 3. The van der Waals surface area contributed by atoms with E-state index in [1.807, 2.05) is 49.5 Å². The Bertz CT molecular complexity index is 1090. The van der Waals surface area contributed by atoms with Crippen LogP contribution >= 0.6 is 11.3 Å². The van der Waals surface area contributed by atoms with Gasteiger partial charge in [0.15, 0.2) is 0 Å². The smallest absolute Gasteiger partial charge is 0.257 e. The predicted octanol–water partition coefficient (Wildman–Crippen LogP) is 4.58. The highest BCUT2D eigenvalue weighted by Gasteiger charge is 2.22. The normalized spacial score (nSPS) is 10.8. The van der Waals surface area contributed by atoms with Gasteiger partial charge in [0, 0.05) is 36.1 Å². The van der Waals surface area contributed by atoms with Gasteiger partial charge in [0.05, 0.1) is 17.8 Å². The van der Waals surface area contributed by atoms with Crippen molar-refractivity contribution in [2.45, 2.75) is 13.5 Å². The van der Waals surface area contributed by atoms with Gasteiger partial charge >= 0.3 is 0 Å². The SMILES string of the molecule is Cc1ccsc1CN(C)C(=O)c1cn(-c2ccccc2)nc1-c1cccnc1. The molecule has 0 saturated heterocycles. The second kappa shape index (κ2) is 7.78. The van der Waals surface area contributed by atoms with Crippen molar-refractivity contribution >= 4 is 17.2 Å². The Hall–Kier alpha value is -3.25. The van der Waals surface area contributed by atoms with Gasteiger partial charge in [-0.15, -0.1) is 11.3 Å². The molecule has 5 nitrogen and oxygen atoms in total. The van der Waals surface area contributed by atoms with E-state index in [0.29, 0.717) is 17.8 Å². The highest BCUT2D eigenvalue weighted by atomic mass is 32.1. The second-order valence-corrected chi connectivity index (χ2v) is 7.60. The van der Waals surface area contributed by atoms with Crippen LogP contribution in [0.3, 0.4) is 0 Å². The number of para-hydroxylation sites is 1. The van der Waals surface area contributed by atoms with E-state index in [4.69, 9.17) is 5.10 Å². The lowest BCUT2D eigenvalue weighted by atomic mass is 10.1. The molecule has 140 valence electrons. The van der Waals surface area contributed by atoms with E-state index in [1.54, 1.807) is 39.5 Å². The van der Waals surface area contributed by atoms with Crippen LogP contribution in [-0.2, 0) is 6.54 Å². The molecule has 0 saturated carbocycles. The van der Waals surface area contributed by atoms with Gasteiger partial charge < -0.3 is 4.90 Å². The number of hydrogen-bond donors (Lipinski definition) is 0. The molecule has 1 amide bonds. The molecule has 0 atom stereocenters. The molecule has 28 heavy (non-hydrogen) atoms. The van der Waals surface area contributed by atoms with Crippen molar-refractivity contribution in [1.29, 1.82) is 0 Å². The summed E-state index contributed by atoms with van der Waals surface area (Å²) in [4.78, 5) is 20.4. The van der Waals surface area contributed by atoms with Crippen LogP contribution in [0.15, 0.2) is 72.5 Å². The van der Waals surface area contributed by atoms with Crippen LogP contribution in [0.1, 0.15) is 20.8 Å². The summed E-state index contributed by atoms with van der Waals surface area (Å²) < 4.78 is 1.75. The summed E-state index contributed by atoms with van der Waals surface area (Å²) in [5.74, 6) is -0.0613. The summed E-state index contributed by atoms with van der Waals surface area (Å²) in [7, 11) is 1.83. The number of hydrogen-bond acceptors (Lipinski definition) is 4. The van der Waals surface area contributed by atoms with E-state index >= 15 is 0 Å². The van der Waals surface area contributed by atoms with E-state index in [9.17, 15) is 4.79 Å². The number of amides is 1. The fourth-order valence-electron chi connectivity index (χ4n) is 3.02. The molecule has 4 aromatic rings. The van der Waals surface area contributed by atoms with E-state index in [2.05, 4.69) is 23.4 Å². The van der Waals surface area contributed by atoms with Crippen molar-refractivity contribution in [1.82, 2.24) is 19.7 Å². The average molecular weight is 388 g/mol. The van der Waals surface area contributed by atoms with Gasteiger partial charge in [-0.1, -0.05) is 18.2 Å². The van der Waals surface area contributed by atoms with Crippen molar-refractivity contribution in [2.75, 3.05) is 7.05 Å². The third-order valence-corrected chi connectivity index (χ3v) is 5.60. The molecule has 3 heterocycles. The Morgan fingerprint density at radius 1 is 1.14 bits per heavy atom. The summed E-state index contributed by atoms with van der Waals surface area (Å²) in [6.07, 6.45) is 5.25. The first kappa shape index (κ1) is 18.1. The minimum absolute atomic E-state index is 0.0613. The van der Waals surface area contributed by atoms with Crippen LogP contribution in [0.5, 0.6) is 0 Å². The monoisotopic (exact) mass is 388 g/mol. The van der Waals surface area contributed by atoms with Crippen LogP contribution in [0.2, 0.25) is 0 Å². The Morgan fingerprint density at radius 2 is 1.96 bits per heavy atom. The highest BCUT2D eigenvalue weighted by Crippen LogP contribution is 2.25. The third-order valence-electron chi connectivity index (χ3n) is 4.60. The van der Waals surface area contributed by atoms with Crippen molar-refractivity contribution in [3.8, 4) is 16.9 Å². The van der Waals surface area contributed by atoms with Gasteiger partial charge in [0.1, 0.15) is 5.69 Å². The Kier molecular flexibility index (Phi) is 5.04. The lowest BCUT2D eigenvalue weighted by Gasteiger charge is -2.16. The quantitative estimate of drug-likeness (QED) is 0.503. The molecule has 0 aliphatic carbocycles. The van der Waals surface area contributed by atoms with Gasteiger partial charge in [-0.3, -0.25) is 9.78 Å². The molecule has 0 aliphatic rings. The molecule has 0 unspecified atom stereocenters. The number of benzene rings is 1. The van der Waals surface area contributed by atoms with Crippen LogP contribution < -0.4 is 0 Å². The van der Waals surface area contributed by atoms with Gasteiger partial charge in [0.25, 0.3) is 5.91 Å². The van der Waals surface area contributed by atoms with E-state index in [1.165, 1.54) is 10.4 Å². The number of carbonyl (C=O) groups excluding carboxylic acids is 1. The van der Waals surface area contributed by atoms with Crippen molar-refractivity contribution in [3.05, 3.63) is 88.5 Å². The maximum absolute atomic E-state index is 13.3. The molecule has 0 aliphatic heterocycles. The summed E-state index contributed by atoms with van der Waals surface area (Å²) in [6.45, 7) is 2.64. The van der Waals surface area contributed by atoms with Crippen molar-refractivity contribution < 1.29 is 4.79 Å². The van der Waals surface area contributed by atoms with Crippen LogP contribution in [0, 0.1) is 6.92 Å². The molecule has 4 rings (SSSR count). The topological polar surface area (TPSA) is 51.0 Å². The number of carbonyl (C=O) groups is 1. The number of thiophene rings is 1. The van der Waals surface area contributed by atoms with Gasteiger partial charge in [-0.2, -0.15) is 5.10 Å². The summed E-state index contributed by atoms with van der Waals surface area (Å²) in [5, 5.41) is 6.75. The first-order chi connectivity index (χ1) is 13.6. The maximum Gasteiger partial charge on any atom is 0.257 e. The molecular formula is C22H20N4OS. The van der Waals surface area contributed by atoms with E-state index in [0.717, 1.165) is 11.3 Å². The van der Waals surface area contributed by atoms with E-state index in [-0.39, 0.29) is 5.91 Å². The van der Waals surface area contributed by atoms with Gasteiger partial charge in [0.2, 0.25) is 0 Å². The fraction of sp³-hybridized carbons (Fsp3) is 0.136. The van der Waals surface area contributed by atoms with Gasteiger partial charge in [-0.25, -0.2) is 4.68 Å². The standard InChI is InChI=1S/C22H20N4OS/c1-16-10-12-28-20(16)15-25(2)22(27)19-14-26(18-8-4-3-5-9-18)24-21(19)17-7-6-11-23-13-17/h3-14H,15H2,1-2H3. The largest absolute Gasteiger partial charge is 0.336 e. The van der Waals surface area contributed by atoms with Crippen LogP contribution in [0.4, 0.5) is 0 Å². The van der Waals surface area contributed by atoms with Gasteiger partial charge in [-0.05, 0) is 48.2 Å². The lowest BCUT2D eigenvalue weighted by molar-refractivity contribution is 0.0787.